The summed E-state index contributed by atoms with van der Waals surface area (Å²) in [6.07, 6.45) is 0. The van der Waals surface area contributed by atoms with Gasteiger partial charge in [0.2, 0.25) is 0 Å². The Morgan fingerprint density at radius 2 is 1.69 bits per heavy atom. The number of aromatic hydroxyl groups is 1. The quantitative estimate of drug-likeness (QED) is 0.648. The van der Waals surface area contributed by atoms with Crippen molar-refractivity contribution in [2.24, 2.45) is 0 Å². The molecule has 6 heteroatoms. The maximum Gasteiger partial charge on any atom is 0.308 e. The molecular formula is C7H5Cl3O2S. The van der Waals surface area contributed by atoms with Crippen molar-refractivity contribution in [3.63, 3.8) is 0 Å². The third kappa shape index (κ3) is 4.84. The van der Waals surface area contributed by atoms with Gasteiger partial charge in [0, 0.05) is 16.9 Å². The fourth-order valence-electron chi connectivity index (χ4n) is 0.597. The van der Waals surface area contributed by atoms with Crippen LogP contribution in [0, 0.1) is 0 Å². The Morgan fingerprint density at radius 1 is 1.15 bits per heavy atom. The molecule has 0 spiro atoms. The highest BCUT2D eigenvalue weighted by Crippen LogP contribution is 2.35. The minimum Gasteiger partial charge on any atom is -0.508 e. The fourth-order valence-corrected chi connectivity index (χ4v) is 1.32. The first-order chi connectivity index (χ1) is 5.97. The third-order valence-electron chi connectivity index (χ3n) is 1.07. The number of halogens is 3. The first kappa shape index (κ1) is 11.3. The van der Waals surface area contributed by atoms with Crippen molar-refractivity contribution in [3.8, 4) is 5.75 Å². The summed E-state index contributed by atoms with van der Waals surface area (Å²) in [4.78, 5) is 0.740. The molecule has 0 unspecified atom stereocenters. The van der Waals surface area contributed by atoms with Crippen LogP contribution in [0.25, 0.3) is 0 Å². The van der Waals surface area contributed by atoms with Gasteiger partial charge in [0.1, 0.15) is 5.75 Å². The molecule has 0 heterocycles. The summed E-state index contributed by atoms with van der Waals surface area (Å²) in [7, 11) is 0. The van der Waals surface area contributed by atoms with Crippen molar-refractivity contribution in [2.45, 2.75) is 8.87 Å². The lowest BCUT2D eigenvalue weighted by Crippen LogP contribution is -2.01. The molecule has 0 aliphatic carbocycles. The van der Waals surface area contributed by atoms with Crippen molar-refractivity contribution < 1.29 is 9.29 Å². The predicted octanol–water partition coefficient (Wildman–Crippen LogP) is 3.74. The lowest BCUT2D eigenvalue weighted by Gasteiger charge is -2.09. The second kappa shape index (κ2) is 4.62. The number of hydrogen-bond acceptors (Lipinski definition) is 3. The molecule has 0 aromatic heterocycles. The Balaban J connectivity index is 2.51. The molecule has 0 atom stereocenters. The van der Waals surface area contributed by atoms with Gasteiger partial charge in [-0.05, 0) is 24.3 Å². The van der Waals surface area contributed by atoms with Crippen molar-refractivity contribution in [3.05, 3.63) is 24.3 Å². The van der Waals surface area contributed by atoms with Gasteiger partial charge in [-0.2, -0.15) is 0 Å². The first-order valence-corrected chi connectivity index (χ1v) is 5.06. The van der Waals surface area contributed by atoms with E-state index in [1.165, 1.54) is 12.1 Å². The molecule has 0 bridgehead atoms. The fraction of sp³-hybridized carbons (Fsp3) is 0.143. The van der Waals surface area contributed by atoms with E-state index < -0.39 is 3.98 Å². The minimum absolute atomic E-state index is 0.179. The van der Waals surface area contributed by atoms with Crippen LogP contribution in [0.1, 0.15) is 0 Å². The van der Waals surface area contributed by atoms with Gasteiger partial charge in [0.25, 0.3) is 0 Å². The Labute approximate surface area is 94.9 Å². The largest absolute Gasteiger partial charge is 0.508 e. The number of alkyl halides is 3. The zero-order valence-corrected chi connectivity index (χ0v) is 9.29. The summed E-state index contributed by atoms with van der Waals surface area (Å²) in [6.45, 7) is 0. The summed E-state index contributed by atoms with van der Waals surface area (Å²) < 4.78 is 3.05. The van der Waals surface area contributed by atoms with Gasteiger partial charge in [0.05, 0.1) is 0 Å². The van der Waals surface area contributed by atoms with E-state index in [0.717, 1.165) is 16.9 Å². The first-order valence-electron chi connectivity index (χ1n) is 3.19. The maximum absolute atomic E-state index is 8.96. The Kier molecular flexibility index (Phi) is 4.01. The molecule has 1 aromatic carbocycles. The van der Waals surface area contributed by atoms with Crippen LogP contribution in [0.2, 0.25) is 0 Å². The number of phenolic OH excluding ortho intramolecular Hbond substituents is 1. The normalized spacial score (nSPS) is 11.6. The van der Waals surface area contributed by atoms with Crippen LogP contribution in [0.4, 0.5) is 0 Å². The van der Waals surface area contributed by atoms with Crippen LogP contribution in [-0.4, -0.2) is 9.09 Å². The molecule has 0 amide bonds. The molecule has 0 aliphatic rings. The van der Waals surface area contributed by atoms with Gasteiger partial charge in [-0.3, -0.25) is 4.18 Å². The van der Waals surface area contributed by atoms with E-state index in [2.05, 4.69) is 0 Å². The van der Waals surface area contributed by atoms with Gasteiger partial charge < -0.3 is 5.11 Å². The van der Waals surface area contributed by atoms with Gasteiger partial charge in [-0.1, -0.05) is 34.8 Å². The molecule has 2 nitrogen and oxygen atoms in total. The predicted molar refractivity (Wildman–Crippen MR) is 55.3 cm³/mol. The molecule has 0 radical (unpaired) electrons. The highest BCUT2D eigenvalue weighted by atomic mass is 35.6. The molecular weight excluding hydrogens is 255 g/mol. The number of hydrogen-bond donors (Lipinski definition) is 1. The Hall–Kier alpha value is 0.200. The lowest BCUT2D eigenvalue weighted by atomic mass is 10.3. The van der Waals surface area contributed by atoms with E-state index in [1.807, 2.05) is 0 Å². The topological polar surface area (TPSA) is 29.5 Å². The van der Waals surface area contributed by atoms with Gasteiger partial charge in [0.15, 0.2) is 0 Å². The molecule has 72 valence electrons. The van der Waals surface area contributed by atoms with Crippen molar-refractivity contribution in [1.82, 2.24) is 0 Å². The summed E-state index contributed by atoms with van der Waals surface area (Å²) in [5, 5.41) is 8.96. The zero-order chi connectivity index (χ0) is 9.90. The SMILES string of the molecule is Oc1ccc(SOC(Cl)(Cl)Cl)cc1. The summed E-state index contributed by atoms with van der Waals surface area (Å²) in [5.74, 6) is 0.179. The van der Waals surface area contributed by atoms with E-state index in [1.54, 1.807) is 12.1 Å². The number of benzene rings is 1. The zero-order valence-electron chi connectivity index (χ0n) is 6.21. The van der Waals surface area contributed by atoms with E-state index >= 15 is 0 Å². The average Bonchev–Trinajstić information content (AvgIpc) is 2.02. The van der Waals surface area contributed by atoms with Crippen molar-refractivity contribution in [1.29, 1.82) is 0 Å². The average molecular weight is 260 g/mol. The van der Waals surface area contributed by atoms with Gasteiger partial charge >= 0.3 is 3.98 Å². The second-order valence-electron chi connectivity index (χ2n) is 2.11. The summed E-state index contributed by atoms with van der Waals surface area (Å²) in [6, 6.07) is 6.33. The summed E-state index contributed by atoms with van der Waals surface area (Å²) >= 11 is 17.0. The molecule has 0 fully saturated rings. The van der Waals surface area contributed by atoms with Crippen LogP contribution in [0.3, 0.4) is 0 Å². The van der Waals surface area contributed by atoms with Crippen LogP contribution < -0.4 is 0 Å². The molecule has 0 aliphatic heterocycles. The standard InChI is InChI=1S/C7H5Cl3O2S/c8-7(9,10)12-13-6-3-1-5(11)2-4-6/h1-4,11H. The van der Waals surface area contributed by atoms with Crippen molar-refractivity contribution in [2.75, 3.05) is 0 Å². The Bertz CT molecular complexity index is 270. The van der Waals surface area contributed by atoms with E-state index in [9.17, 15) is 0 Å². The molecule has 1 N–H and O–H groups in total. The number of phenols is 1. The summed E-state index contributed by atoms with van der Waals surface area (Å²) in [5.41, 5.74) is 0. The van der Waals surface area contributed by atoms with E-state index in [4.69, 9.17) is 44.1 Å². The Morgan fingerprint density at radius 3 is 2.15 bits per heavy atom. The second-order valence-corrected chi connectivity index (χ2v) is 5.09. The molecule has 13 heavy (non-hydrogen) atoms. The third-order valence-corrected chi connectivity index (χ3v) is 2.37. The molecule has 0 saturated heterocycles. The number of rotatable bonds is 2. The minimum atomic E-state index is -1.73. The molecule has 1 aromatic rings. The highest BCUT2D eigenvalue weighted by Gasteiger charge is 2.21. The maximum atomic E-state index is 8.96. The van der Waals surface area contributed by atoms with Crippen molar-refractivity contribution >= 4 is 46.8 Å². The van der Waals surface area contributed by atoms with Crippen LogP contribution in [0.5, 0.6) is 5.75 Å². The van der Waals surface area contributed by atoms with Crippen LogP contribution in [-0.2, 0) is 4.18 Å². The molecule has 1 rings (SSSR count). The van der Waals surface area contributed by atoms with E-state index in [0.29, 0.717) is 0 Å². The molecule has 0 saturated carbocycles. The van der Waals surface area contributed by atoms with Crippen LogP contribution >= 0.6 is 46.8 Å². The smallest absolute Gasteiger partial charge is 0.308 e. The lowest BCUT2D eigenvalue weighted by molar-refractivity contribution is 0.381. The highest BCUT2D eigenvalue weighted by molar-refractivity contribution is 7.94. The van der Waals surface area contributed by atoms with Crippen LogP contribution in [0.15, 0.2) is 29.2 Å². The monoisotopic (exact) mass is 258 g/mol. The van der Waals surface area contributed by atoms with Gasteiger partial charge in [-0.25, -0.2) is 0 Å². The van der Waals surface area contributed by atoms with E-state index in [-0.39, 0.29) is 5.75 Å². The van der Waals surface area contributed by atoms with Gasteiger partial charge in [-0.15, -0.1) is 0 Å².